The Kier molecular flexibility index (Phi) is 13.0. The molecule has 0 radical (unpaired) electrons. The summed E-state index contributed by atoms with van der Waals surface area (Å²) in [5, 5.41) is 9.47. The number of nitrogens with zero attached hydrogens (tertiary/aromatic N) is 4. The molecule has 5 fully saturated rings. The third kappa shape index (κ3) is 9.00. The number of alkyl carbamates (subject to hydrolysis) is 2. The fourth-order valence-corrected chi connectivity index (χ4v) is 12.8. The molecule has 2 aromatic carbocycles. The highest BCUT2D eigenvalue weighted by Crippen LogP contribution is 2.53. The number of carbonyl (C=O) groups is 5. The van der Waals surface area contributed by atoms with Gasteiger partial charge >= 0.3 is 12.2 Å². The van der Waals surface area contributed by atoms with E-state index in [9.17, 15) is 24.0 Å². The molecule has 3 aliphatic heterocycles. The molecule has 7 aliphatic rings. The van der Waals surface area contributed by atoms with Crippen LogP contribution in [0.2, 0.25) is 0 Å². The van der Waals surface area contributed by atoms with Crippen LogP contribution in [0.3, 0.4) is 0 Å². The van der Waals surface area contributed by atoms with Gasteiger partial charge in [-0.15, -0.1) is 0 Å². The Morgan fingerprint density at radius 3 is 2.00 bits per heavy atom. The van der Waals surface area contributed by atoms with Crippen molar-refractivity contribution in [2.45, 2.75) is 152 Å². The van der Waals surface area contributed by atoms with Crippen molar-refractivity contribution in [3.8, 4) is 23.0 Å². The highest BCUT2D eigenvalue weighted by atomic mass is 16.5. The van der Waals surface area contributed by atoms with Gasteiger partial charge in [-0.3, -0.25) is 19.4 Å². The Hall–Kier alpha value is -6.17. The average molecular weight is 939 g/mol. The second-order valence-corrected chi connectivity index (χ2v) is 20.9. The summed E-state index contributed by atoms with van der Waals surface area (Å²) in [5.74, 6) is 8.55. The maximum atomic E-state index is 14.4. The van der Waals surface area contributed by atoms with Crippen LogP contribution in [0.5, 0.6) is 0 Å². The number of hydrogen-bond acceptors (Lipinski definition) is 10. The molecule has 364 valence electrons. The standard InChI is InChI=1S/C54H66N8O7/c1-54(2)40-24-21-34(27-41(40)57-49(60-54)43-18-12-26-62(43)51(65)47(59-53(67)69-4)33-15-9-6-10-16-33)36-23-20-31(45-38(36)28-37-39(45)29-44(37)63)19-22-35-30-55-48(56-35)42-17-11-25-61(42)50(64)46(58-52(66)68-3)32-13-7-5-8-14-32/h20-21,23-24,27,30,32-33,37,39,42-43,46-47H,5-18,25-26,28-29H2,1-4H3,(H,55,56)(H,57,60)(H,58,66)(H,59,67). The molecule has 15 nitrogen and oxygen atoms in total. The minimum atomic E-state index is -0.647. The molecule has 4 amide bonds. The summed E-state index contributed by atoms with van der Waals surface area (Å²) < 4.78 is 9.90. The molecule has 0 bridgehead atoms. The van der Waals surface area contributed by atoms with Crippen LogP contribution in [-0.2, 0) is 35.8 Å². The van der Waals surface area contributed by atoms with Gasteiger partial charge in [0.15, 0.2) is 0 Å². The number of fused-ring (bicyclic) bond motifs is 4. The number of likely N-dealkylation sites (tertiary alicyclic amines) is 2. The van der Waals surface area contributed by atoms with Crippen molar-refractivity contribution in [2.75, 3.05) is 32.6 Å². The predicted molar refractivity (Wildman–Crippen MR) is 260 cm³/mol. The van der Waals surface area contributed by atoms with E-state index in [2.05, 4.69) is 77.0 Å². The monoisotopic (exact) mass is 939 g/mol. The molecule has 4 heterocycles. The highest BCUT2D eigenvalue weighted by molar-refractivity contribution is 6.05. The first-order valence-corrected chi connectivity index (χ1v) is 25.5. The Morgan fingerprint density at radius 2 is 1.38 bits per heavy atom. The van der Waals surface area contributed by atoms with Crippen molar-refractivity contribution >= 4 is 41.3 Å². The number of benzene rings is 2. The number of aromatic amines is 1. The van der Waals surface area contributed by atoms with Gasteiger partial charge in [-0.25, -0.2) is 14.6 Å². The second-order valence-electron chi connectivity index (χ2n) is 20.9. The number of Topliss-reactive ketones (excluding diaryl/α,β-unsaturated/α-hetero) is 1. The van der Waals surface area contributed by atoms with E-state index in [1.807, 2.05) is 9.80 Å². The third-order valence-electron chi connectivity index (χ3n) is 16.4. The maximum Gasteiger partial charge on any atom is 0.407 e. The number of hydrogen-bond donors (Lipinski definition) is 4. The summed E-state index contributed by atoms with van der Waals surface area (Å²) in [6.07, 6.45) is 14.9. The fourth-order valence-electron chi connectivity index (χ4n) is 12.8. The van der Waals surface area contributed by atoms with Crippen molar-refractivity contribution in [3.05, 3.63) is 70.3 Å². The Bertz CT molecular complexity index is 2610. The number of nitrogens with one attached hydrogen (secondary N) is 4. The van der Waals surface area contributed by atoms with Crippen molar-refractivity contribution in [3.63, 3.8) is 0 Å². The zero-order valence-electron chi connectivity index (χ0n) is 40.5. The number of aromatic nitrogens is 2. The minimum absolute atomic E-state index is 0.0529. The normalized spacial score (nSPS) is 24.8. The van der Waals surface area contributed by atoms with Crippen molar-refractivity contribution in [1.29, 1.82) is 0 Å². The summed E-state index contributed by atoms with van der Waals surface area (Å²) in [5.41, 5.74) is 7.38. The number of methoxy groups -OCH3 is 2. The van der Waals surface area contributed by atoms with Gasteiger partial charge in [0.1, 0.15) is 35.2 Å². The number of carbonyl (C=O) groups excluding carboxylic acids is 5. The summed E-state index contributed by atoms with van der Waals surface area (Å²) in [7, 11) is 2.66. The van der Waals surface area contributed by atoms with E-state index in [4.69, 9.17) is 19.5 Å². The number of H-pyrrole nitrogens is 1. The fraction of sp³-hybridized carbons (Fsp3) is 0.574. The number of amides is 4. The van der Waals surface area contributed by atoms with Crippen molar-refractivity contribution < 1.29 is 33.4 Å². The van der Waals surface area contributed by atoms with Gasteiger partial charge < -0.3 is 40.2 Å². The molecule has 0 spiro atoms. The molecule has 2 saturated heterocycles. The lowest BCUT2D eigenvalue weighted by molar-refractivity contribution is -0.136. The topological polar surface area (TPSA) is 187 Å². The van der Waals surface area contributed by atoms with Crippen LogP contribution in [0.4, 0.5) is 15.3 Å². The van der Waals surface area contributed by atoms with Crippen LogP contribution in [0.1, 0.15) is 156 Å². The molecule has 3 aromatic rings. The van der Waals surface area contributed by atoms with E-state index >= 15 is 0 Å². The number of imidazole rings is 1. The molecule has 6 atom stereocenters. The molecule has 1 aromatic heterocycles. The first-order valence-electron chi connectivity index (χ1n) is 25.5. The van der Waals surface area contributed by atoms with Crippen molar-refractivity contribution in [2.24, 2.45) is 22.7 Å². The van der Waals surface area contributed by atoms with Gasteiger partial charge in [0.25, 0.3) is 0 Å². The first kappa shape index (κ1) is 46.6. The van der Waals surface area contributed by atoms with Crippen LogP contribution >= 0.6 is 0 Å². The van der Waals surface area contributed by atoms with E-state index in [-0.39, 0.29) is 47.6 Å². The van der Waals surface area contributed by atoms with E-state index in [0.717, 1.165) is 135 Å². The summed E-state index contributed by atoms with van der Waals surface area (Å²) in [6.45, 7) is 5.39. The van der Waals surface area contributed by atoms with Crippen LogP contribution in [0, 0.1) is 29.6 Å². The first-order chi connectivity index (χ1) is 33.4. The highest BCUT2D eigenvalue weighted by Gasteiger charge is 2.48. The number of anilines is 1. The number of amidine groups is 1. The molecule has 4 N–H and O–H groups in total. The third-order valence-corrected chi connectivity index (χ3v) is 16.4. The van der Waals surface area contributed by atoms with E-state index in [1.165, 1.54) is 14.2 Å². The maximum absolute atomic E-state index is 14.4. The molecule has 6 unspecified atom stereocenters. The lowest BCUT2D eigenvalue weighted by Gasteiger charge is -2.38. The summed E-state index contributed by atoms with van der Waals surface area (Å²) >= 11 is 0. The number of aliphatic imine (C=N–C) groups is 1. The Balaban J connectivity index is 0.894. The smallest absolute Gasteiger partial charge is 0.407 e. The molecule has 4 aliphatic carbocycles. The average Bonchev–Trinajstić information content (AvgIpc) is 4.20. The van der Waals surface area contributed by atoms with E-state index < -0.39 is 29.8 Å². The second kappa shape index (κ2) is 19.3. The lowest BCUT2D eigenvalue weighted by Crippen LogP contribution is -2.56. The van der Waals surface area contributed by atoms with Gasteiger partial charge in [0, 0.05) is 48.2 Å². The quantitative estimate of drug-likeness (QED) is 0.154. The molecule has 10 rings (SSSR count). The predicted octanol–water partition coefficient (Wildman–Crippen LogP) is 8.03. The Labute approximate surface area is 404 Å². The minimum Gasteiger partial charge on any atom is -0.453 e. The van der Waals surface area contributed by atoms with Gasteiger partial charge in [-0.1, -0.05) is 62.6 Å². The van der Waals surface area contributed by atoms with Gasteiger partial charge in [-0.05, 0) is 124 Å². The van der Waals surface area contributed by atoms with Gasteiger partial charge in [0.05, 0.1) is 38.0 Å². The SMILES string of the molecule is COC(=O)NC(C(=O)N1CCCC1C1=NC(C)(C)c2ccc(-c3ccc(C#Cc4cnc(C5CCCN5C(=O)C(NC(=O)OC)C5CCCCC5)[nH]4)c4c3CC3C(=O)CC43)cc2N1)C1CCCCC1. The summed E-state index contributed by atoms with van der Waals surface area (Å²) in [6, 6.07) is 8.89. The Morgan fingerprint density at radius 1 is 0.754 bits per heavy atom. The number of ketones is 1. The van der Waals surface area contributed by atoms with Crippen LogP contribution < -0.4 is 16.0 Å². The summed E-state index contributed by atoms with van der Waals surface area (Å²) in [4.78, 5) is 83.7. The van der Waals surface area contributed by atoms with Gasteiger partial charge in [0.2, 0.25) is 11.8 Å². The van der Waals surface area contributed by atoms with E-state index in [1.54, 1.807) is 6.20 Å². The molecule has 3 saturated carbocycles. The van der Waals surface area contributed by atoms with E-state index in [0.29, 0.717) is 43.2 Å². The zero-order valence-corrected chi connectivity index (χ0v) is 40.5. The number of rotatable bonds is 9. The van der Waals surface area contributed by atoms with Crippen LogP contribution in [-0.4, -0.2) is 101 Å². The molecule has 15 heteroatoms. The zero-order chi connectivity index (χ0) is 48.0. The molecule has 69 heavy (non-hydrogen) atoms. The molecular formula is C54H66N8O7. The lowest BCUT2D eigenvalue weighted by atomic mass is 9.72. The van der Waals surface area contributed by atoms with Crippen molar-refractivity contribution in [1.82, 2.24) is 30.4 Å². The molecular weight excluding hydrogens is 873 g/mol. The van der Waals surface area contributed by atoms with Crippen LogP contribution in [0.25, 0.3) is 11.1 Å². The number of ether oxygens (including phenoxy) is 2. The van der Waals surface area contributed by atoms with Crippen LogP contribution in [0.15, 0.2) is 41.5 Å². The largest absolute Gasteiger partial charge is 0.453 e. The van der Waals surface area contributed by atoms with Gasteiger partial charge in [-0.2, -0.15) is 0 Å².